The Kier molecular flexibility index (Phi) is 3.61. The summed E-state index contributed by atoms with van der Waals surface area (Å²) in [6.07, 6.45) is 6.63. The molecular formula is C13H22N4O. The smallest absolute Gasteiger partial charge is 0.223 e. The van der Waals surface area contributed by atoms with Gasteiger partial charge in [0.15, 0.2) is 5.82 Å². The van der Waals surface area contributed by atoms with Gasteiger partial charge in [0.2, 0.25) is 5.89 Å². The Morgan fingerprint density at radius 3 is 2.83 bits per heavy atom. The third kappa shape index (κ3) is 3.09. The fourth-order valence-electron chi connectivity index (χ4n) is 2.73. The average Bonchev–Trinajstić information content (AvgIpc) is 3.15. The van der Waals surface area contributed by atoms with Crippen molar-refractivity contribution in [2.45, 2.75) is 57.7 Å². The first-order chi connectivity index (χ1) is 8.81. The van der Waals surface area contributed by atoms with Crippen molar-refractivity contribution in [3.05, 3.63) is 11.7 Å². The van der Waals surface area contributed by atoms with Crippen LogP contribution in [0.3, 0.4) is 0 Å². The van der Waals surface area contributed by atoms with E-state index in [0.717, 1.165) is 25.0 Å². The Morgan fingerprint density at radius 1 is 1.33 bits per heavy atom. The number of aryl methyl sites for hydroxylation is 1. The first-order valence-corrected chi connectivity index (χ1v) is 7.08. The summed E-state index contributed by atoms with van der Waals surface area (Å²) in [7, 11) is 0. The maximum Gasteiger partial charge on any atom is 0.223 e. The first kappa shape index (κ1) is 12.1. The Hall–Kier alpha value is -0.940. The standard InChI is InChI=1S/C13H22N4O/c1-10-15-13(16-18-10)9-17(12-5-6-12)8-11-4-2-3-7-14-11/h11-12,14H,2-9H2,1H3. The minimum absolute atomic E-state index is 0.646. The molecule has 100 valence electrons. The van der Waals surface area contributed by atoms with Crippen molar-refractivity contribution >= 4 is 0 Å². The fraction of sp³-hybridized carbons (Fsp3) is 0.846. The summed E-state index contributed by atoms with van der Waals surface area (Å²) in [5.41, 5.74) is 0. The van der Waals surface area contributed by atoms with Gasteiger partial charge in [-0.05, 0) is 32.2 Å². The maximum absolute atomic E-state index is 5.05. The lowest BCUT2D eigenvalue weighted by atomic mass is 10.0. The van der Waals surface area contributed by atoms with Crippen molar-refractivity contribution < 1.29 is 4.52 Å². The van der Waals surface area contributed by atoms with Crippen LogP contribution in [0.1, 0.15) is 43.8 Å². The van der Waals surface area contributed by atoms with Crippen LogP contribution in [0, 0.1) is 6.92 Å². The number of piperidine rings is 1. The Labute approximate surface area is 108 Å². The molecule has 2 aliphatic rings. The van der Waals surface area contributed by atoms with Gasteiger partial charge in [0.1, 0.15) is 0 Å². The zero-order valence-electron chi connectivity index (χ0n) is 11.1. The Bertz CT molecular complexity index is 382. The summed E-state index contributed by atoms with van der Waals surface area (Å²) >= 11 is 0. The lowest BCUT2D eigenvalue weighted by Crippen LogP contribution is -2.44. The van der Waals surface area contributed by atoms with Crippen LogP contribution >= 0.6 is 0 Å². The molecule has 0 radical (unpaired) electrons. The van der Waals surface area contributed by atoms with Gasteiger partial charge in [-0.25, -0.2) is 0 Å². The van der Waals surface area contributed by atoms with Crippen LogP contribution in [0.15, 0.2) is 4.52 Å². The molecule has 5 nitrogen and oxygen atoms in total. The van der Waals surface area contributed by atoms with Gasteiger partial charge >= 0.3 is 0 Å². The van der Waals surface area contributed by atoms with Gasteiger partial charge in [-0.1, -0.05) is 11.6 Å². The van der Waals surface area contributed by atoms with E-state index in [1.54, 1.807) is 0 Å². The predicted molar refractivity (Wildman–Crippen MR) is 68.1 cm³/mol. The van der Waals surface area contributed by atoms with Gasteiger partial charge in [-0.3, -0.25) is 4.90 Å². The molecule has 1 aromatic heterocycles. The molecular weight excluding hydrogens is 228 g/mol. The van der Waals surface area contributed by atoms with E-state index in [0.29, 0.717) is 11.9 Å². The minimum Gasteiger partial charge on any atom is -0.340 e. The fourth-order valence-corrected chi connectivity index (χ4v) is 2.73. The van der Waals surface area contributed by atoms with E-state index in [9.17, 15) is 0 Å². The van der Waals surface area contributed by atoms with Crippen LogP contribution in [-0.2, 0) is 6.54 Å². The summed E-state index contributed by atoms with van der Waals surface area (Å²) in [6, 6.07) is 1.39. The van der Waals surface area contributed by atoms with E-state index in [1.807, 2.05) is 6.92 Å². The molecule has 2 heterocycles. The van der Waals surface area contributed by atoms with Crippen LogP contribution in [0.2, 0.25) is 0 Å². The molecule has 0 spiro atoms. The number of rotatable bonds is 5. The van der Waals surface area contributed by atoms with Crippen molar-refractivity contribution in [1.29, 1.82) is 0 Å². The van der Waals surface area contributed by atoms with Crippen LogP contribution in [0.25, 0.3) is 0 Å². The van der Waals surface area contributed by atoms with Crippen LogP contribution in [-0.4, -0.2) is 40.2 Å². The monoisotopic (exact) mass is 250 g/mol. The van der Waals surface area contributed by atoms with Gasteiger partial charge in [-0.15, -0.1) is 0 Å². The number of hydrogen-bond acceptors (Lipinski definition) is 5. The Morgan fingerprint density at radius 2 is 2.22 bits per heavy atom. The largest absolute Gasteiger partial charge is 0.340 e. The summed E-state index contributed by atoms with van der Waals surface area (Å²) in [6.45, 7) is 4.98. The van der Waals surface area contributed by atoms with Crippen molar-refractivity contribution in [1.82, 2.24) is 20.4 Å². The van der Waals surface area contributed by atoms with E-state index in [2.05, 4.69) is 20.4 Å². The van der Waals surface area contributed by atoms with Crippen molar-refractivity contribution in [3.8, 4) is 0 Å². The summed E-state index contributed by atoms with van der Waals surface area (Å²) in [5.74, 6) is 1.49. The zero-order valence-corrected chi connectivity index (χ0v) is 11.1. The molecule has 0 bridgehead atoms. The van der Waals surface area contributed by atoms with Gasteiger partial charge < -0.3 is 9.84 Å². The normalized spacial score (nSPS) is 24.7. The zero-order chi connectivity index (χ0) is 12.4. The molecule has 1 aromatic rings. The lowest BCUT2D eigenvalue weighted by molar-refractivity contribution is 0.201. The molecule has 1 saturated heterocycles. The highest BCUT2D eigenvalue weighted by atomic mass is 16.5. The molecule has 0 amide bonds. The van der Waals surface area contributed by atoms with Crippen LogP contribution < -0.4 is 5.32 Å². The highest BCUT2D eigenvalue weighted by molar-refractivity contribution is 4.92. The van der Waals surface area contributed by atoms with E-state index in [1.165, 1.54) is 38.6 Å². The second kappa shape index (κ2) is 5.36. The Balaban J connectivity index is 1.57. The highest BCUT2D eigenvalue weighted by Gasteiger charge is 2.31. The van der Waals surface area contributed by atoms with Crippen molar-refractivity contribution in [2.24, 2.45) is 0 Å². The summed E-state index contributed by atoms with van der Waals surface area (Å²) < 4.78 is 5.05. The van der Waals surface area contributed by atoms with Gasteiger partial charge in [0.25, 0.3) is 0 Å². The number of nitrogens with one attached hydrogen (secondary N) is 1. The number of hydrogen-bond donors (Lipinski definition) is 1. The van der Waals surface area contributed by atoms with Gasteiger partial charge in [-0.2, -0.15) is 4.98 Å². The molecule has 1 saturated carbocycles. The molecule has 2 fully saturated rings. The third-order valence-electron chi connectivity index (χ3n) is 3.84. The maximum atomic E-state index is 5.05. The van der Waals surface area contributed by atoms with E-state index in [-0.39, 0.29) is 0 Å². The minimum atomic E-state index is 0.646. The number of nitrogens with zero attached hydrogens (tertiary/aromatic N) is 3. The molecule has 1 aliphatic heterocycles. The number of aromatic nitrogens is 2. The summed E-state index contributed by atoms with van der Waals surface area (Å²) in [5, 5.41) is 7.63. The van der Waals surface area contributed by atoms with Gasteiger partial charge in [0, 0.05) is 25.6 Å². The molecule has 1 aliphatic carbocycles. The lowest BCUT2D eigenvalue weighted by Gasteiger charge is -2.29. The topological polar surface area (TPSA) is 54.2 Å². The average molecular weight is 250 g/mol. The van der Waals surface area contributed by atoms with E-state index < -0.39 is 0 Å². The molecule has 1 N–H and O–H groups in total. The van der Waals surface area contributed by atoms with Crippen LogP contribution in [0.4, 0.5) is 0 Å². The quantitative estimate of drug-likeness (QED) is 0.858. The summed E-state index contributed by atoms with van der Waals surface area (Å²) in [4.78, 5) is 6.84. The van der Waals surface area contributed by atoms with Crippen molar-refractivity contribution in [2.75, 3.05) is 13.1 Å². The van der Waals surface area contributed by atoms with E-state index in [4.69, 9.17) is 4.52 Å². The molecule has 0 aromatic carbocycles. The van der Waals surface area contributed by atoms with Gasteiger partial charge in [0.05, 0.1) is 6.54 Å². The second-order valence-corrected chi connectivity index (χ2v) is 5.54. The SMILES string of the molecule is Cc1nc(CN(CC2CCCCN2)C2CC2)no1. The van der Waals surface area contributed by atoms with E-state index >= 15 is 0 Å². The highest BCUT2D eigenvalue weighted by Crippen LogP contribution is 2.28. The van der Waals surface area contributed by atoms with Crippen molar-refractivity contribution in [3.63, 3.8) is 0 Å². The molecule has 1 unspecified atom stereocenters. The molecule has 1 atom stereocenters. The molecule has 18 heavy (non-hydrogen) atoms. The molecule has 3 rings (SSSR count). The predicted octanol–water partition coefficient (Wildman–Crippen LogP) is 1.48. The second-order valence-electron chi connectivity index (χ2n) is 5.54. The third-order valence-corrected chi connectivity index (χ3v) is 3.84. The first-order valence-electron chi connectivity index (χ1n) is 7.08. The van der Waals surface area contributed by atoms with Crippen LogP contribution in [0.5, 0.6) is 0 Å². The molecule has 5 heteroatoms.